The topological polar surface area (TPSA) is 63.4 Å². The van der Waals surface area contributed by atoms with Crippen LogP contribution in [0.3, 0.4) is 0 Å². The third-order valence-corrected chi connectivity index (χ3v) is 5.60. The maximum atomic E-state index is 12.5. The van der Waals surface area contributed by atoms with Gasteiger partial charge in [0, 0.05) is 18.3 Å². The number of benzene rings is 1. The summed E-state index contributed by atoms with van der Waals surface area (Å²) in [7, 11) is -3.24. The molecule has 0 spiro atoms. The van der Waals surface area contributed by atoms with Crippen LogP contribution in [0.25, 0.3) is 0 Å². The molecule has 1 fully saturated rings. The fraction of sp³-hybridized carbons (Fsp3) is 0.571. The van der Waals surface area contributed by atoms with Crippen LogP contribution < -0.4 is 5.73 Å². The van der Waals surface area contributed by atoms with Crippen molar-refractivity contribution in [2.75, 3.05) is 12.3 Å². The van der Waals surface area contributed by atoms with Crippen molar-refractivity contribution >= 4 is 15.7 Å². The van der Waals surface area contributed by atoms with Crippen LogP contribution in [-0.4, -0.2) is 25.3 Å². The first-order valence-electron chi connectivity index (χ1n) is 6.87. The molecular formula is C14H22N2O2S. The zero-order valence-corrected chi connectivity index (χ0v) is 12.2. The lowest BCUT2D eigenvalue weighted by atomic mass is 10.0. The second-order valence-electron chi connectivity index (χ2n) is 5.17. The SMILES string of the molecule is CCC1CCCCN1S(=O)(=O)Cc1cccc(N)c1. The molecule has 0 bridgehead atoms. The summed E-state index contributed by atoms with van der Waals surface area (Å²) in [4.78, 5) is 0. The number of rotatable bonds is 4. The van der Waals surface area contributed by atoms with Gasteiger partial charge in [-0.25, -0.2) is 8.42 Å². The van der Waals surface area contributed by atoms with Crippen molar-refractivity contribution in [1.29, 1.82) is 0 Å². The predicted octanol–water partition coefficient (Wildman–Crippen LogP) is 2.36. The lowest BCUT2D eigenvalue weighted by Crippen LogP contribution is -2.43. The molecule has 1 atom stereocenters. The molecule has 4 nitrogen and oxygen atoms in total. The van der Waals surface area contributed by atoms with Crippen molar-refractivity contribution in [3.8, 4) is 0 Å². The highest BCUT2D eigenvalue weighted by Gasteiger charge is 2.31. The molecule has 5 heteroatoms. The lowest BCUT2D eigenvalue weighted by Gasteiger charge is -2.34. The van der Waals surface area contributed by atoms with E-state index >= 15 is 0 Å². The quantitative estimate of drug-likeness (QED) is 0.862. The summed E-state index contributed by atoms with van der Waals surface area (Å²) >= 11 is 0. The van der Waals surface area contributed by atoms with Crippen LogP contribution in [0.1, 0.15) is 38.2 Å². The number of hydrogen-bond acceptors (Lipinski definition) is 3. The van der Waals surface area contributed by atoms with E-state index in [4.69, 9.17) is 5.73 Å². The van der Waals surface area contributed by atoms with Crippen molar-refractivity contribution in [2.24, 2.45) is 0 Å². The summed E-state index contributed by atoms with van der Waals surface area (Å²) in [5, 5.41) is 0. The Kier molecular flexibility index (Phi) is 4.47. The lowest BCUT2D eigenvalue weighted by molar-refractivity contribution is 0.246. The molecule has 0 saturated carbocycles. The van der Waals surface area contributed by atoms with Gasteiger partial charge in [-0.3, -0.25) is 0 Å². The van der Waals surface area contributed by atoms with Gasteiger partial charge in [-0.15, -0.1) is 0 Å². The average Bonchev–Trinajstić information content (AvgIpc) is 2.38. The van der Waals surface area contributed by atoms with Crippen molar-refractivity contribution in [3.05, 3.63) is 29.8 Å². The van der Waals surface area contributed by atoms with Crippen LogP contribution in [0.2, 0.25) is 0 Å². The summed E-state index contributed by atoms with van der Waals surface area (Å²) in [6, 6.07) is 7.29. The molecule has 1 aliphatic rings. The molecule has 2 N–H and O–H groups in total. The first-order valence-corrected chi connectivity index (χ1v) is 8.48. The van der Waals surface area contributed by atoms with Crippen LogP contribution in [0.5, 0.6) is 0 Å². The van der Waals surface area contributed by atoms with Crippen LogP contribution in [-0.2, 0) is 15.8 Å². The minimum Gasteiger partial charge on any atom is -0.399 e. The highest BCUT2D eigenvalue weighted by atomic mass is 32.2. The van der Waals surface area contributed by atoms with Crippen LogP contribution >= 0.6 is 0 Å². The molecule has 1 unspecified atom stereocenters. The number of nitrogens with two attached hydrogens (primary N) is 1. The van der Waals surface area contributed by atoms with E-state index in [1.54, 1.807) is 22.5 Å². The van der Waals surface area contributed by atoms with E-state index in [9.17, 15) is 8.42 Å². The molecule has 1 saturated heterocycles. The van der Waals surface area contributed by atoms with Crippen LogP contribution in [0, 0.1) is 0 Å². The standard InChI is InChI=1S/C14H22N2O2S/c1-2-14-8-3-4-9-16(14)19(17,18)11-12-6-5-7-13(15)10-12/h5-7,10,14H,2-4,8-9,11,15H2,1H3. The Bertz CT molecular complexity index is 528. The molecule has 0 amide bonds. The molecule has 1 aliphatic heterocycles. The van der Waals surface area contributed by atoms with E-state index in [1.165, 1.54) is 0 Å². The van der Waals surface area contributed by atoms with E-state index in [0.717, 1.165) is 31.2 Å². The molecule has 1 heterocycles. The summed E-state index contributed by atoms with van der Waals surface area (Å²) in [5.74, 6) is 0.0501. The van der Waals surface area contributed by atoms with E-state index in [1.807, 2.05) is 6.07 Å². The number of nitrogens with zero attached hydrogens (tertiary/aromatic N) is 1. The molecule has 106 valence electrons. The van der Waals surface area contributed by atoms with Gasteiger partial charge < -0.3 is 5.73 Å². The molecular weight excluding hydrogens is 260 g/mol. The second kappa shape index (κ2) is 5.92. The highest BCUT2D eigenvalue weighted by molar-refractivity contribution is 7.88. The Hall–Kier alpha value is -1.07. The predicted molar refractivity (Wildman–Crippen MR) is 78.1 cm³/mol. The molecule has 2 rings (SSSR count). The monoisotopic (exact) mass is 282 g/mol. The molecule has 0 aromatic heterocycles. The van der Waals surface area contributed by atoms with Gasteiger partial charge >= 0.3 is 0 Å². The maximum Gasteiger partial charge on any atom is 0.218 e. The Morgan fingerprint density at radius 1 is 1.37 bits per heavy atom. The van der Waals surface area contributed by atoms with Crippen molar-refractivity contribution in [2.45, 2.75) is 44.4 Å². The van der Waals surface area contributed by atoms with Crippen molar-refractivity contribution in [3.63, 3.8) is 0 Å². The van der Waals surface area contributed by atoms with E-state index in [0.29, 0.717) is 12.2 Å². The van der Waals surface area contributed by atoms with Gasteiger partial charge in [0.2, 0.25) is 10.0 Å². The van der Waals surface area contributed by atoms with Crippen LogP contribution in [0.4, 0.5) is 5.69 Å². The molecule has 19 heavy (non-hydrogen) atoms. The minimum absolute atomic E-state index is 0.0501. The number of anilines is 1. The Morgan fingerprint density at radius 3 is 2.84 bits per heavy atom. The maximum absolute atomic E-state index is 12.5. The van der Waals surface area contributed by atoms with Crippen LogP contribution in [0.15, 0.2) is 24.3 Å². The molecule has 1 aromatic carbocycles. The highest BCUT2D eigenvalue weighted by Crippen LogP contribution is 2.25. The fourth-order valence-corrected chi connectivity index (χ4v) is 4.61. The largest absolute Gasteiger partial charge is 0.399 e. The number of piperidine rings is 1. The number of hydrogen-bond donors (Lipinski definition) is 1. The third kappa shape index (κ3) is 3.48. The summed E-state index contributed by atoms with van der Waals surface area (Å²) in [6.45, 7) is 2.71. The fourth-order valence-electron chi connectivity index (χ4n) is 2.72. The first kappa shape index (κ1) is 14.3. The van der Waals surface area contributed by atoms with Crippen molar-refractivity contribution in [1.82, 2.24) is 4.31 Å². The van der Waals surface area contributed by atoms with Gasteiger partial charge in [-0.05, 0) is 37.0 Å². The minimum atomic E-state index is -3.24. The molecule has 0 radical (unpaired) electrons. The normalized spacial score (nSPS) is 21.4. The molecule has 0 aliphatic carbocycles. The van der Waals surface area contributed by atoms with Gasteiger partial charge in [-0.1, -0.05) is 25.5 Å². The number of nitrogen functional groups attached to an aromatic ring is 1. The van der Waals surface area contributed by atoms with E-state index < -0.39 is 10.0 Å². The summed E-state index contributed by atoms with van der Waals surface area (Å²) in [5.41, 5.74) is 7.07. The van der Waals surface area contributed by atoms with Gasteiger partial charge in [0.25, 0.3) is 0 Å². The molecule has 1 aromatic rings. The second-order valence-corrected chi connectivity index (χ2v) is 7.09. The zero-order valence-electron chi connectivity index (χ0n) is 11.4. The Labute approximate surface area is 115 Å². The number of sulfonamides is 1. The smallest absolute Gasteiger partial charge is 0.218 e. The van der Waals surface area contributed by atoms with E-state index in [-0.39, 0.29) is 11.8 Å². The third-order valence-electron chi connectivity index (χ3n) is 3.70. The summed E-state index contributed by atoms with van der Waals surface area (Å²) in [6.07, 6.45) is 3.96. The zero-order chi connectivity index (χ0) is 13.9. The average molecular weight is 282 g/mol. The van der Waals surface area contributed by atoms with Gasteiger partial charge in [0.15, 0.2) is 0 Å². The first-order chi connectivity index (χ1) is 9.03. The Balaban J connectivity index is 2.17. The van der Waals surface area contributed by atoms with Gasteiger partial charge in [0.05, 0.1) is 5.75 Å². The van der Waals surface area contributed by atoms with Gasteiger partial charge in [-0.2, -0.15) is 4.31 Å². The Morgan fingerprint density at radius 2 is 2.16 bits per heavy atom. The van der Waals surface area contributed by atoms with Crippen molar-refractivity contribution < 1.29 is 8.42 Å². The summed E-state index contributed by atoms with van der Waals surface area (Å²) < 4.78 is 26.7. The van der Waals surface area contributed by atoms with E-state index in [2.05, 4.69) is 6.92 Å². The van der Waals surface area contributed by atoms with Gasteiger partial charge in [0.1, 0.15) is 0 Å².